The molecule has 0 radical (unpaired) electrons. The molecule has 0 aliphatic heterocycles. The van der Waals surface area contributed by atoms with Crippen molar-refractivity contribution >= 4 is 23.2 Å². The molecule has 0 aliphatic carbocycles. The predicted octanol–water partition coefficient (Wildman–Crippen LogP) is 3.19. The highest BCUT2D eigenvalue weighted by molar-refractivity contribution is 6.29. The van der Waals surface area contributed by atoms with Gasteiger partial charge in [0.15, 0.2) is 11.0 Å². The van der Waals surface area contributed by atoms with Gasteiger partial charge < -0.3 is 14.5 Å². The van der Waals surface area contributed by atoms with Gasteiger partial charge in [0.25, 0.3) is 5.91 Å². The average molecular weight is 252 g/mol. The molecule has 1 aromatic carbocycles. The molecule has 0 saturated carbocycles. The molecule has 0 aliphatic rings. The number of rotatable bonds is 3. The summed E-state index contributed by atoms with van der Waals surface area (Å²) >= 11 is 5.58. The number of furan rings is 1. The van der Waals surface area contributed by atoms with E-state index in [0.29, 0.717) is 5.69 Å². The van der Waals surface area contributed by atoms with Crippen molar-refractivity contribution in [2.24, 2.45) is 0 Å². The summed E-state index contributed by atoms with van der Waals surface area (Å²) in [5.41, 5.74) is 0.656. The van der Waals surface area contributed by atoms with Crippen molar-refractivity contribution in [3.8, 4) is 5.75 Å². The topological polar surface area (TPSA) is 51.5 Å². The van der Waals surface area contributed by atoms with Crippen LogP contribution in [-0.4, -0.2) is 13.0 Å². The number of hydrogen-bond donors (Lipinski definition) is 1. The minimum Gasteiger partial charge on any atom is -0.497 e. The molecular weight excluding hydrogens is 242 g/mol. The molecular formula is C12H10ClNO3. The largest absolute Gasteiger partial charge is 0.497 e. The lowest BCUT2D eigenvalue weighted by atomic mass is 10.3. The Hall–Kier alpha value is -1.94. The number of carbonyl (C=O) groups is 1. The van der Waals surface area contributed by atoms with Gasteiger partial charge in [-0.05, 0) is 48.0 Å². The summed E-state index contributed by atoms with van der Waals surface area (Å²) in [5, 5.41) is 2.86. The summed E-state index contributed by atoms with van der Waals surface area (Å²) < 4.78 is 10.0. The first-order valence-corrected chi connectivity index (χ1v) is 5.27. The molecule has 4 nitrogen and oxygen atoms in total. The highest BCUT2D eigenvalue weighted by Gasteiger charge is 2.10. The molecule has 0 fully saturated rings. The summed E-state index contributed by atoms with van der Waals surface area (Å²) in [6, 6.07) is 10.0. The number of methoxy groups -OCH3 is 1. The van der Waals surface area contributed by atoms with Crippen LogP contribution in [0, 0.1) is 0 Å². The molecule has 2 rings (SSSR count). The number of halogens is 1. The van der Waals surface area contributed by atoms with Crippen LogP contribution in [0.15, 0.2) is 40.8 Å². The van der Waals surface area contributed by atoms with E-state index in [1.165, 1.54) is 12.1 Å². The Labute approximate surface area is 103 Å². The zero-order valence-corrected chi connectivity index (χ0v) is 9.82. The molecule has 0 bridgehead atoms. The van der Waals surface area contributed by atoms with Gasteiger partial charge in [0.1, 0.15) is 5.75 Å². The van der Waals surface area contributed by atoms with Crippen LogP contribution in [0.1, 0.15) is 10.6 Å². The first-order chi connectivity index (χ1) is 8.19. The molecule has 1 aromatic heterocycles. The Morgan fingerprint density at radius 1 is 1.24 bits per heavy atom. The van der Waals surface area contributed by atoms with Gasteiger partial charge in [-0.25, -0.2) is 0 Å². The van der Waals surface area contributed by atoms with E-state index in [-0.39, 0.29) is 16.9 Å². The third-order valence-corrected chi connectivity index (χ3v) is 2.35. The SMILES string of the molecule is COc1ccc(NC(=O)c2ccc(Cl)o2)cc1. The summed E-state index contributed by atoms with van der Waals surface area (Å²) in [4.78, 5) is 11.7. The van der Waals surface area contributed by atoms with E-state index in [4.69, 9.17) is 20.8 Å². The smallest absolute Gasteiger partial charge is 0.291 e. The van der Waals surface area contributed by atoms with Crippen LogP contribution in [0.5, 0.6) is 5.75 Å². The standard InChI is InChI=1S/C12H10ClNO3/c1-16-9-4-2-8(3-5-9)14-12(15)10-6-7-11(13)17-10/h2-7H,1H3,(H,14,15). The highest BCUT2D eigenvalue weighted by Crippen LogP contribution is 2.17. The molecule has 2 aromatic rings. The third-order valence-electron chi connectivity index (χ3n) is 2.14. The normalized spacial score (nSPS) is 10.0. The molecule has 1 amide bonds. The van der Waals surface area contributed by atoms with Gasteiger partial charge in [0.2, 0.25) is 0 Å². The van der Waals surface area contributed by atoms with Crippen LogP contribution < -0.4 is 10.1 Å². The Morgan fingerprint density at radius 2 is 1.94 bits per heavy atom. The first-order valence-electron chi connectivity index (χ1n) is 4.90. The van der Waals surface area contributed by atoms with Crippen LogP contribution in [0.4, 0.5) is 5.69 Å². The molecule has 1 N–H and O–H groups in total. The minimum absolute atomic E-state index is 0.172. The second-order valence-electron chi connectivity index (χ2n) is 3.29. The fraction of sp³-hybridized carbons (Fsp3) is 0.0833. The maximum atomic E-state index is 11.7. The summed E-state index contributed by atoms with van der Waals surface area (Å²) in [6.45, 7) is 0. The van der Waals surface area contributed by atoms with Crippen molar-refractivity contribution in [2.75, 3.05) is 12.4 Å². The fourth-order valence-electron chi connectivity index (χ4n) is 1.30. The summed E-state index contributed by atoms with van der Waals surface area (Å²) in [7, 11) is 1.58. The number of ether oxygens (including phenoxy) is 1. The van der Waals surface area contributed by atoms with Gasteiger partial charge in [-0.1, -0.05) is 0 Å². The fourth-order valence-corrected chi connectivity index (χ4v) is 1.45. The van der Waals surface area contributed by atoms with Crippen molar-refractivity contribution in [3.63, 3.8) is 0 Å². The molecule has 17 heavy (non-hydrogen) atoms. The van der Waals surface area contributed by atoms with Crippen LogP contribution in [-0.2, 0) is 0 Å². The van der Waals surface area contributed by atoms with Crippen molar-refractivity contribution in [2.45, 2.75) is 0 Å². The lowest BCUT2D eigenvalue weighted by Gasteiger charge is -2.04. The van der Waals surface area contributed by atoms with E-state index in [0.717, 1.165) is 5.75 Å². The molecule has 0 spiro atoms. The van der Waals surface area contributed by atoms with Gasteiger partial charge >= 0.3 is 0 Å². The number of hydrogen-bond acceptors (Lipinski definition) is 3. The van der Waals surface area contributed by atoms with E-state index in [2.05, 4.69) is 5.32 Å². The average Bonchev–Trinajstić information content (AvgIpc) is 2.77. The Balaban J connectivity index is 2.07. The van der Waals surface area contributed by atoms with Crippen molar-refractivity contribution < 1.29 is 13.9 Å². The zero-order chi connectivity index (χ0) is 12.3. The van der Waals surface area contributed by atoms with Gasteiger partial charge in [-0.2, -0.15) is 0 Å². The maximum absolute atomic E-state index is 11.7. The molecule has 0 saturated heterocycles. The van der Waals surface area contributed by atoms with E-state index in [1.54, 1.807) is 31.4 Å². The van der Waals surface area contributed by atoms with Crippen molar-refractivity contribution in [1.82, 2.24) is 0 Å². The lowest BCUT2D eigenvalue weighted by Crippen LogP contribution is -2.10. The van der Waals surface area contributed by atoms with Gasteiger partial charge in [-0.15, -0.1) is 0 Å². The lowest BCUT2D eigenvalue weighted by molar-refractivity contribution is 0.0997. The van der Waals surface area contributed by atoms with Crippen LogP contribution in [0.3, 0.4) is 0 Å². The second-order valence-corrected chi connectivity index (χ2v) is 3.66. The monoisotopic (exact) mass is 251 g/mol. The molecule has 5 heteroatoms. The number of anilines is 1. The van der Waals surface area contributed by atoms with Crippen LogP contribution >= 0.6 is 11.6 Å². The molecule has 1 heterocycles. The van der Waals surface area contributed by atoms with Crippen molar-refractivity contribution in [3.05, 3.63) is 47.4 Å². The highest BCUT2D eigenvalue weighted by atomic mass is 35.5. The Bertz CT molecular complexity index is 519. The van der Waals surface area contributed by atoms with Crippen molar-refractivity contribution in [1.29, 1.82) is 0 Å². The molecule has 0 unspecified atom stereocenters. The third kappa shape index (κ3) is 2.79. The van der Waals surface area contributed by atoms with Gasteiger partial charge in [0, 0.05) is 5.69 Å². The summed E-state index contributed by atoms with van der Waals surface area (Å²) in [6.07, 6.45) is 0. The zero-order valence-electron chi connectivity index (χ0n) is 9.07. The second kappa shape index (κ2) is 4.93. The minimum atomic E-state index is -0.345. The van der Waals surface area contributed by atoms with E-state index in [9.17, 15) is 4.79 Å². The Kier molecular flexibility index (Phi) is 3.35. The molecule has 0 atom stereocenters. The van der Waals surface area contributed by atoms with E-state index >= 15 is 0 Å². The summed E-state index contributed by atoms with van der Waals surface area (Å²) in [5.74, 6) is 0.553. The maximum Gasteiger partial charge on any atom is 0.291 e. The van der Waals surface area contributed by atoms with E-state index < -0.39 is 0 Å². The van der Waals surface area contributed by atoms with Gasteiger partial charge in [0.05, 0.1) is 7.11 Å². The van der Waals surface area contributed by atoms with Crippen LogP contribution in [0.2, 0.25) is 5.22 Å². The number of benzene rings is 1. The van der Waals surface area contributed by atoms with Crippen LogP contribution in [0.25, 0.3) is 0 Å². The predicted molar refractivity (Wildman–Crippen MR) is 64.7 cm³/mol. The Morgan fingerprint density at radius 3 is 2.47 bits per heavy atom. The molecule has 88 valence electrons. The quantitative estimate of drug-likeness (QED) is 0.911. The van der Waals surface area contributed by atoms with Gasteiger partial charge in [-0.3, -0.25) is 4.79 Å². The number of amides is 1. The number of carbonyl (C=O) groups excluding carboxylic acids is 1. The number of nitrogens with one attached hydrogen (secondary N) is 1. The van der Waals surface area contributed by atoms with E-state index in [1.807, 2.05) is 0 Å². The first kappa shape index (κ1) is 11.5.